The minimum atomic E-state index is -2.79. The summed E-state index contributed by atoms with van der Waals surface area (Å²) in [5, 5.41) is 8.59. The van der Waals surface area contributed by atoms with Crippen molar-refractivity contribution in [1.29, 1.82) is 0 Å². The quantitative estimate of drug-likeness (QED) is 0.650. The van der Waals surface area contributed by atoms with Crippen LogP contribution in [0.1, 0.15) is 6.42 Å². The molecule has 0 fully saturated rings. The van der Waals surface area contributed by atoms with Crippen LogP contribution >= 0.6 is 15.9 Å². The summed E-state index contributed by atoms with van der Waals surface area (Å²) in [5.41, 5.74) is 0. The van der Waals surface area contributed by atoms with Crippen molar-refractivity contribution in [2.45, 2.75) is 12.3 Å². The molecule has 1 aliphatic carbocycles. The Bertz CT molecular complexity index is 208. The maximum absolute atomic E-state index is 12.5. The fourth-order valence-corrected chi connectivity index (χ4v) is 0.984. The minimum Gasteiger partial charge on any atom is -0.356 e. The lowest BCUT2D eigenvalue weighted by Crippen LogP contribution is -2.23. The molecule has 1 aliphatic rings. The van der Waals surface area contributed by atoms with Crippen LogP contribution < -0.4 is 0 Å². The van der Waals surface area contributed by atoms with Gasteiger partial charge in [-0.1, -0.05) is 22.0 Å². The van der Waals surface area contributed by atoms with E-state index in [1.165, 1.54) is 6.08 Å². The van der Waals surface area contributed by atoms with Gasteiger partial charge in [-0.15, -0.1) is 0 Å². The van der Waals surface area contributed by atoms with Crippen LogP contribution in [-0.2, 0) is 0 Å². The van der Waals surface area contributed by atoms with Crippen LogP contribution in [0, 0.1) is 0 Å². The Balaban J connectivity index is 2.88. The van der Waals surface area contributed by atoms with Crippen molar-refractivity contribution in [3.05, 3.63) is 22.5 Å². The monoisotopic (exact) mass is 210 g/mol. The summed E-state index contributed by atoms with van der Waals surface area (Å²) in [6.45, 7) is 0. The maximum Gasteiger partial charge on any atom is 0.262 e. The first kappa shape index (κ1) is 7.88. The third kappa shape index (κ3) is 1.44. The first-order chi connectivity index (χ1) is 4.52. The second kappa shape index (κ2) is 2.43. The molecule has 0 aromatic rings. The zero-order chi connectivity index (χ0) is 7.78. The molecule has 0 spiro atoms. The molecule has 1 N–H and O–H groups in total. The smallest absolute Gasteiger partial charge is 0.262 e. The number of allylic oxidation sites excluding steroid dienone is 2. The van der Waals surface area contributed by atoms with E-state index in [4.69, 9.17) is 5.11 Å². The summed E-state index contributed by atoms with van der Waals surface area (Å²) in [7, 11) is 0. The molecule has 0 radical (unpaired) electrons. The van der Waals surface area contributed by atoms with Gasteiger partial charge in [-0.25, -0.2) is 8.78 Å². The number of rotatable bonds is 0. The highest BCUT2D eigenvalue weighted by molar-refractivity contribution is 9.11. The van der Waals surface area contributed by atoms with E-state index in [0.29, 0.717) is 4.48 Å². The number of aliphatic hydroxyl groups is 1. The van der Waals surface area contributed by atoms with Crippen LogP contribution in [0.25, 0.3) is 0 Å². The Labute approximate surface area is 65.2 Å². The van der Waals surface area contributed by atoms with Gasteiger partial charge in [-0.05, 0) is 6.08 Å². The van der Waals surface area contributed by atoms with E-state index in [-0.39, 0.29) is 6.42 Å². The molecule has 4 heteroatoms. The Morgan fingerprint density at radius 3 is 2.70 bits per heavy atom. The lowest BCUT2D eigenvalue weighted by molar-refractivity contribution is -0.0678. The largest absolute Gasteiger partial charge is 0.356 e. The van der Waals surface area contributed by atoms with Crippen LogP contribution in [0.2, 0.25) is 0 Å². The van der Waals surface area contributed by atoms with Crippen LogP contribution in [0.4, 0.5) is 8.78 Å². The van der Waals surface area contributed by atoms with E-state index in [2.05, 4.69) is 15.9 Å². The fourth-order valence-electron chi connectivity index (χ4n) is 0.621. The molecule has 1 nitrogen and oxygen atoms in total. The topological polar surface area (TPSA) is 20.2 Å². The molecule has 56 valence electrons. The lowest BCUT2D eigenvalue weighted by atomic mass is 10.1. The zero-order valence-electron chi connectivity index (χ0n) is 4.94. The van der Waals surface area contributed by atoms with E-state index < -0.39 is 11.7 Å². The molecule has 1 rings (SSSR count). The second-order valence-electron chi connectivity index (χ2n) is 2.04. The van der Waals surface area contributed by atoms with Gasteiger partial charge < -0.3 is 5.11 Å². The molecule has 0 aromatic carbocycles. The standard InChI is InChI=1S/C6H5BrF2O/c7-4-1-2-6(9,10)5(8)3-4/h1,3,10H,2H2. The minimum absolute atomic E-state index is 0.337. The number of halogens is 3. The van der Waals surface area contributed by atoms with Crippen LogP contribution in [0.5, 0.6) is 0 Å². The average Bonchev–Trinajstić information content (AvgIpc) is 1.81. The molecule has 1 unspecified atom stereocenters. The molecule has 0 aliphatic heterocycles. The molecule has 0 aromatic heterocycles. The summed E-state index contributed by atoms with van der Waals surface area (Å²) in [6.07, 6.45) is 1.93. The van der Waals surface area contributed by atoms with Gasteiger partial charge in [0.2, 0.25) is 0 Å². The molecule has 10 heavy (non-hydrogen) atoms. The summed E-state index contributed by atoms with van der Waals surface area (Å²) in [6, 6.07) is 0. The van der Waals surface area contributed by atoms with E-state index >= 15 is 0 Å². The Kier molecular flexibility index (Phi) is 1.92. The van der Waals surface area contributed by atoms with Gasteiger partial charge in [0.25, 0.3) is 5.85 Å². The van der Waals surface area contributed by atoms with Gasteiger partial charge in [-0.3, -0.25) is 0 Å². The molecular weight excluding hydrogens is 206 g/mol. The second-order valence-corrected chi connectivity index (χ2v) is 2.96. The highest BCUT2D eigenvalue weighted by Crippen LogP contribution is 2.31. The molecule has 1 atom stereocenters. The molecule has 0 saturated carbocycles. The average molecular weight is 211 g/mol. The predicted molar refractivity (Wildman–Crippen MR) is 36.9 cm³/mol. The molecule has 0 heterocycles. The predicted octanol–water partition coefficient (Wildman–Crippen LogP) is 2.18. The zero-order valence-corrected chi connectivity index (χ0v) is 6.53. The van der Waals surface area contributed by atoms with Crippen molar-refractivity contribution in [1.82, 2.24) is 0 Å². The van der Waals surface area contributed by atoms with Gasteiger partial charge in [0, 0.05) is 10.9 Å². The van der Waals surface area contributed by atoms with Crippen LogP contribution in [-0.4, -0.2) is 11.0 Å². The third-order valence-electron chi connectivity index (χ3n) is 1.20. The van der Waals surface area contributed by atoms with Gasteiger partial charge in [0.1, 0.15) is 0 Å². The van der Waals surface area contributed by atoms with Gasteiger partial charge in [0.05, 0.1) is 0 Å². The maximum atomic E-state index is 12.5. The highest BCUT2D eigenvalue weighted by Gasteiger charge is 2.33. The normalized spacial score (nSPS) is 33.2. The summed E-state index contributed by atoms with van der Waals surface area (Å²) < 4.78 is 25.3. The van der Waals surface area contributed by atoms with Crippen LogP contribution in [0.3, 0.4) is 0 Å². The summed E-state index contributed by atoms with van der Waals surface area (Å²) >= 11 is 2.95. The first-order valence-corrected chi connectivity index (χ1v) is 3.46. The first-order valence-electron chi connectivity index (χ1n) is 2.67. The van der Waals surface area contributed by atoms with Crippen LogP contribution in [0.15, 0.2) is 22.5 Å². The molecular formula is C6H5BrF2O. The number of alkyl halides is 1. The third-order valence-corrected chi connectivity index (χ3v) is 1.75. The van der Waals surface area contributed by atoms with E-state index in [1.807, 2.05) is 0 Å². The van der Waals surface area contributed by atoms with E-state index in [1.54, 1.807) is 0 Å². The van der Waals surface area contributed by atoms with E-state index in [0.717, 1.165) is 6.08 Å². The van der Waals surface area contributed by atoms with Crippen molar-refractivity contribution in [2.24, 2.45) is 0 Å². The molecule has 0 bridgehead atoms. The lowest BCUT2D eigenvalue weighted by Gasteiger charge is -2.17. The van der Waals surface area contributed by atoms with Crippen molar-refractivity contribution >= 4 is 15.9 Å². The summed E-state index contributed by atoms with van der Waals surface area (Å²) in [4.78, 5) is 0. The van der Waals surface area contributed by atoms with E-state index in [9.17, 15) is 8.78 Å². The van der Waals surface area contributed by atoms with Crippen molar-refractivity contribution in [3.8, 4) is 0 Å². The Morgan fingerprint density at radius 1 is 1.70 bits per heavy atom. The highest BCUT2D eigenvalue weighted by atomic mass is 79.9. The fraction of sp³-hybridized carbons (Fsp3) is 0.333. The summed E-state index contributed by atoms with van der Waals surface area (Å²) in [5.74, 6) is -3.95. The van der Waals surface area contributed by atoms with Gasteiger partial charge in [-0.2, -0.15) is 0 Å². The van der Waals surface area contributed by atoms with Gasteiger partial charge >= 0.3 is 0 Å². The van der Waals surface area contributed by atoms with Crippen molar-refractivity contribution < 1.29 is 13.9 Å². The SMILES string of the molecule is OC1(F)CC=C(Br)C=C1F. The van der Waals surface area contributed by atoms with Crippen molar-refractivity contribution in [3.63, 3.8) is 0 Å². The molecule has 0 saturated heterocycles. The number of hydrogen-bond donors (Lipinski definition) is 1. The van der Waals surface area contributed by atoms with Crippen molar-refractivity contribution in [2.75, 3.05) is 0 Å². The Hall–Kier alpha value is -0.220. The Morgan fingerprint density at radius 2 is 2.30 bits per heavy atom. The number of hydrogen-bond acceptors (Lipinski definition) is 1. The molecule has 0 amide bonds. The van der Waals surface area contributed by atoms with Gasteiger partial charge in [0.15, 0.2) is 5.83 Å².